The van der Waals surface area contributed by atoms with Crippen LogP contribution in [0.25, 0.3) is 16.7 Å². The van der Waals surface area contributed by atoms with Crippen molar-refractivity contribution < 1.29 is 18.0 Å². The van der Waals surface area contributed by atoms with E-state index >= 15 is 0 Å². The Morgan fingerprint density at radius 1 is 1.19 bits per heavy atom. The molecule has 0 saturated heterocycles. The fourth-order valence-corrected chi connectivity index (χ4v) is 3.96. The minimum Gasteiger partial charge on any atom is -0.325 e. The lowest BCUT2D eigenvalue weighted by molar-refractivity contribution is -0.137. The third-order valence-corrected chi connectivity index (χ3v) is 5.53. The van der Waals surface area contributed by atoms with Crippen molar-refractivity contribution in [3.05, 3.63) is 75.7 Å². The number of hydrogen-bond donors (Lipinski definition) is 2. The lowest BCUT2D eigenvalue weighted by atomic mass is 10.1. The smallest absolute Gasteiger partial charge is 0.325 e. The first-order valence-corrected chi connectivity index (χ1v) is 10.4. The summed E-state index contributed by atoms with van der Waals surface area (Å²) in [5.41, 5.74) is -1.10. The number of hydrogen-bond acceptors (Lipinski definition) is 5. The van der Waals surface area contributed by atoms with Crippen LogP contribution in [0, 0.1) is 0 Å². The molecule has 164 valence electrons. The van der Waals surface area contributed by atoms with E-state index in [1.165, 1.54) is 29.0 Å². The minimum atomic E-state index is -4.61. The molecule has 0 aliphatic rings. The molecule has 0 aliphatic heterocycles. The first kappa shape index (κ1) is 21.9. The van der Waals surface area contributed by atoms with Crippen molar-refractivity contribution in [2.75, 3.05) is 11.1 Å². The molecular formula is C20H13ClF3N5O2S. The average Bonchev–Trinajstić information content (AvgIpc) is 3.21. The van der Waals surface area contributed by atoms with Crippen LogP contribution in [0.1, 0.15) is 5.56 Å². The van der Waals surface area contributed by atoms with E-state index in [2.05, 4.69) is 20.5 Å². The summed E-state index contributed by atoms with van der Waals surface area (Å²) in [5.74, 6) is -0.984. The topological polar surface area (TPSA) is 92.7 Å². The Bertz CT molecular complexity index is 1370. The highest BCUT2D eigenvalue weighted by molar-refractivity contribution is 7.99. The number of H-pyrrole nitrogens is 1. The van der Waals surface area contributed by atoms with Gasteiger partial charge in [0.15, 0.2) is 10.8 Å². The van der Waals surface area contributed by atoms with E-state index in [1.54, 1.807) is 24.3 Å². The van der Waals surface area contributed by atoms with Crippen molar-refractivity contribution in [3.8, 4) is 5.69 Å². The van der Waals surface area contributed by atoms with Crippen LogP contribution in [0.15, 0.2) is 64.7 Å². The van der Waals surface area contributed by atoms with E-state index < -0.39 is 23.2 Å². The standard InChI is InChI=1S/C20H13ClF3N5O2S/c21-11-4-3-5-12(8-11)29-18(31)13-9-25-28-17(13)27-19(29)32-10-16(30)26-15-7-2-1-6-14(15)20(22,23)24/h1-9H,10H2,(H,25,28)(H,26,30). The van der Waals surface area contributed by atoms with Gasteiger partial charge in [0, 0.05) is 5.02 Å². The second-order valence-corrected chi connectivity index (χ2v) is 7.91. The predicted molar refractivity (Wildman–Crippen MR) is 115 cm³/mol. The summed E-state index contributed by atoms with van der Waals surface area (Å²) < 4.78 is 40.7. The quantitative estimate of drug-likeness (QED) is 0.324. The Kier molecular flexibility index (Phi) is 5.94. The maximum Gasteiger partial charge on any atom is 0.418 e. The molecule has 0 saturated carbocycles. The van der Waals surface area contributed by atoms with Gasteiger partial charge in [0.25, 0.3) is 5.56 Å². The normalized spacial score (nSPS) is 11.6. The van der Waals surface area contributed by atoms with Crippen LogP contribution in [0.4, 0.5) is 18.9 Å². The monoisotopic (exact) mass is 479 g/mol. The molecule has 7 nitrogen and oxygen atoms in total. The van der Waals surface area contributed by atoms with Gasteiger partial charge in [-0.25, -0.2) is 4.98 Å². The Hall–Kier alpha value is -3.31. The maximum atomic E-state index is 13.2. The fraction of sp³-hybridized carbons (Fsp3) is 0.100. The summed E-state index contributed by atoms with van der Waals surface area (Å²) in [5, 5.41) is 9.46. The van der Waals surface area contributed by atoms with Gasteiger partial charge in [-0.3, -0.25) is 19.3 Å². The van der Waals surface area contributed by atoms with Gasteiger partial charge in [0.1, 0.15) is 5.39 Å². The zero-order chi connectivity index (χ0) is 22.9. The lowest BCUT2D eigenvalue weighted by Crippen LogP contribution is -2.23. The van der Waals surface area contributed by atoms with Crippen LogP contribution >= 0.6 is 23.4 Å². The number of carbonyl (C=O) groups excluding carboxylic acids is 1. The summed E-state index contributed by atoms with van der Waals surface area (Å²) in [6.07, 6.45) is -3.28. The van der Waals surface area contributed by atoms with E-state index in [9.17, 15) is 22.8 Å². The molecule has 0 unspecified atom stereocenters. The molecule has 0 radical (unpaired) electrons. The van der Waals surface area contributed by atoms with Crippen molar-refractivity contribution in [2.45, 2.75) is 11.3 Å². The van der Waals surface area contributed by atoms with Crippen LogP contribution in [0.2, 0.25) is 5.02 Å². The number of anilines is 1. The number of nitrogens with one attached hydrogen (secondary N) is 2. The van der Waals surface area contributed by atoms with Gasteiger partial charge >= 0.3 is 6.18 Å². The van der Waals surface area contributed by atoms with Crippen molar-refractivity contribution in [1.29, 1.82) is 0 Å². The number of alkyl halides is 3. The number of thioether (sulfide) groups is 1. The molecule has 2 heterocycles. The zero-order valence-corrected chi connectivity index (χ0v) is 17.6. The minimum absolute atomic E-state index is 0.147. The second kappa shape index (κ2) is 8.67. The van der Waals surface area contributed by atoms with E-state index in [1.807, 2.05) is 0 Å². The third kappa shape index (κ3) is 4.48. The SMILES string of the molecule is O=C(CSc1nc2[nH]ncc2c(=O)n1-c1cccc(Cl)c1)Nc1ccccc1C(F)(F)F. The van der Waals surface area contributed by atoms with Gasteiger partial charge in [-0.2, -0.15) is 18.3 Å². The van der Waals surface area contributed by atoms with Gasteiger partial charge in [0.2, 0.25) is 5.91 Å². The summed E-state index contributed by atoms with van der Waals surface area (Å²) in [4.78, 5) is 29.7. The highest BCUT2D eigenvalue weighted by Gasteiger charge is 2.33. The molecule has 0 bridgehead atoms. The summed E-state index contributed by atoms with van der Waals surface area (Å²) in [6.45, 7) is 0. The average molecular weight is 480 g/mol. The Morgan fingerprint density at radius 2 is 1.97 bits per heavy atom. The number of halogens is 4. The van der Waals surface area contributed by atoms with Gasteiger partial charge in [0.05, 0.1) is 28.9 Å². The highest BCUT2D eigenvalue weighted by atomic mass is 35.5. The molecule has 0 aliphatic carbocycles. The zero-order valence-electron chi connectivity index (χ0n) is 16.0. The van der Waals surface area contributed by atoms with Gasteiger partial charge < -0.3 is 5.32 Å². The van der Waals surface area contributed by atoms with Gasteiger partial charge in [-0.1, -0.05) is 41.6 Å². The maximum absolute atomic E-state index is 13.2. The summed E-state index contributed by atoms with van der Waals surface area (Å²) in [6, 6.07) is 11.2. The van der Waals surface area contributed by atoms with Crippen LogP contribution in [-0.4, -0.2) is 31.4 Å². The van der Waals surface area contributed by atoms with Crippen molar-refractivity contribution in [2.24, 2.45) is 0 Å². The number of carbonyl (C=O) groups is 1. The summed E-state index contributed by atoms with van der Waals surface area (Å²) >= 11 is 6.94. The Balaban J connectivity index is 1.63. The molecule has 2 N–H and O–H groups in total. The van der Waals surface area contributed by atoms with E-state index in [0.29, 0.717) is 10.7 Å². The molecule has 2 aromatic heterocycles. The number of para-hydroxylation sites is 1. The van der Waals surface area contributed by atoms with Crippen molar-refractivity contribution >= 4 is 46.0 Å². The number of amides is 1. The van der Waals surface area contributed by atoms with Crippen LogP contribution in [0.5, 0.6) is 0 Å². The number of aromatic amines is 1. The Labute approximate surface area is 187 Å². The first-order valence-electron chi connectivity index (χ1n) is 9.05. The fourth-order valence-electron chi connectivity index (χ4n) is 2.97. The van der Waals surface area contributed by atoms with Crippen LogP contribution in [-0.2, 0) is 11.0 Å². The van der Waals surface area contributed by atoms with E-state index in [-0.39, 0.29) is 27.6 Å². The van der Waals surface area contributed by atoms with Gasteiger partial charge in [-0.05, 0) is 30.3 Å². The predicted octanol–water partition coefficient (Wildman–Crippen LogP) is 4.51. The molecule has 1 amide bonds. The molecular weight excluding hydrogens is 467 g/mol. The van der Waals surface area contributed by atoms with Gasteiger partial charge in [-0.15, -0.1) is 0 Å². The number of nitrogens with zero attached hydrogens (tertiary/aromatic N) is 3. The van der Waals surface area contributed by atoms with Crippen LogP contribution in [0.3, 0.4) is 0 Å². The highest BCUT2D eigenvalue weighted by Crippen LogP contribution is 2.34. The Morgan fingerprint density at radius 3 is 2.72 bits per heavy atom. The molecule has 2 aromatic carbocycles. The number of aromatic nitrogens is 4. The van der Waals surface area contributed by atoms with E-state index in [4.69, 9.17) is 11.6 Å². The second-order valence-electron chi connectivity index (χ2n) is 6.53. The third-order valence-electron chi connectivity index (χ3n) is 4.36. The molecule has 4 aromatic rings. The van der Waals surface area contributed by atoms with Crippen LogP contribution < -0.4 is 10.9 Å². The number of fused-ring (bicyclic) bond motifs is 1. The molecule has 12 heteroatoms. The number of rotatable bonds is 5. The largest absolute Gasteiger partial charge is 0.418 e. The van der Waals surface area contributed by atoms with Crippen molar-refractivity contribution in [1.82, 2.24) is 19.7 Å². The molecule has 0 spiro atoms. The van der Waals surface area contributed by atoms with E-state index in [0.717, 1.165) is 17.8 Å². The molecule has 32 heavy (non-hydrogen) atoms. The lowest BCUT2D eigenvalue weighted by Gasteiger charge is -2.14. The number of benzene rings is 2. The first-order chi connectivity index (χ1) is 15.2. The summed E-state index contributed by atoms with van der Waals surface area (Å²) in [7, 11) is 0. The molecule has 0 atom stereocenters. The molecule has 4 rings (SSSR count). The molecule has 0 fully saturated rings. The van der Waals surface area contributed by atoms with Crippen molar-refractivity contribution in [3.63, 3.8) is 0 Å².